The highest BCUT2D eigenvalue weighted by molar-refractivity contribution is 5.56. The zero-order chi connectivity index (χ0) is 14.4. The van der Waals surface area contributed by atoms with Crippen molar-refractivity contribution in [2.75, 3.05) is 26.2 Å². The smallest absolute Gasteiger partial charge is 0.119 e. The molecule has 1 heterocycles. The van der Waals surface area contributed by atoms with Crippen molar-refractivity contribution in [2.45, 2.75) is 26.2 Å². The summed E-state index contributed by atoms with van der Waals surface area (Å²) in [7, 11) is 0. The highest BCUT2D eigenvalue weighted by Crippen LogP contribution is 2.17. The minimum atomic E-state index is 0.0933. The first kappa shape index (κ1) is 14.9. The summed E-state index contributed by atoms with van der Waals surface area (Å²) >= 11 is 0. The van der Waals surface area contributed by atoms with Crippen LogP contribution in [0.5, 0.6) is 5.75 Å². The molecule has 1 N–H and O–H groups in total. The zero-order valence-corrected chi connectivity index (χ0v) is 12.3. The molecule has 110 valence electrons. The SMILES string of the molecule is C=C(O)c1ccc(OCCCN2CCC[C@@H](C)C2)cc1. The molecule has 0 aromatic heterocycles. The van der Waals surface area contributed by atoms with Crippen LogP contribution in [0.4, 0.5) is 0 Å². The first-order chi connectivity index (χ1) is 9.65. The minimum Gasteiger partial charge on any atom is -0.508 e. The molecule has 1 atom stereocenters. The van der Waals surface area contributed by atoms with E-state index in [1.54, 1.807) is 0 Å². The lowest BCUT2D eigenvalue weighted by Gasteiger charge is -2.30. The van der Waals surface area contributed by atoms with Gasteiger partial charge in [-0.05, 0) is 56.0 Å². The molecule has 1 aliphatic rings. The van der Waals surface area contributed by atoms with Crippen LogP contribution < -0.4 is 4.74 Å². The van der Waals surface area contributed by atoms with E-state index in [4.69, 9.17) is 4.74 Å². The number of aliphatic hydroxyl groups excluding tert-OH is 1. The molecule has 0 spiro atoms. The van der Waals surface area contributed by atoms with Crippen LogP contribution >= 0.6 is 0 Å². The third-order valence-electron chi connectivity index (χ3n) is 3.82. The Balaban J connectivity index is 1.66. The summed E-state index contributed by atoms with van der Waals surface area (Å²) in [6.45, 7) is 10.2. The average molecular weight is 275 g/mol. The molecule has 1 aromatic rings. The lowest BCUT2D eigenvalue weighted by atomic mass is 10.0. The van der Waals surface area contributed by atoms with Crippen LogP contribution in [0, 0.1) is 5.92 Å². The maximum absolute atomic E-state index is 9.25. The molecular weight excluding hydrogens is 250 g/mol. The number of likely N-dealkylation sites (tertiary alicyclic amines) is 1. The second-order valence-electron chi connectivity index (χ2n) is 5.72. The Morgan fingerprint density at radius 2 is 2.15 bits per heavy atom. The monoisotopic (exact) mass is 275 g/mol. The van der Waals surface area contributed by atoms with Gasteiger partial charge in [0.2, 0.25) is 0 Å². The molecule has 0 saturated carbocycles. The fourth-order valence-electron chi connectivity index (χ4n) is 2.71. The van der Waals surface area contributed by atoms with Crippen molar-refractivity contribution in [1.82, 2.24) is 4.90 Å². The average Bonchev–Trinajstić information content (AvgIpc) is 2.44. The fraction of sp³-hybridized carbons (Fsp3) is 0.529. The van der Waals surface area contributed by atoms with Crippen LogP contribution in [0.15, 0.2) is 30.8 Å². The van der Waals surface area contributed by atoms with E-state index in [0.29, 0.717) is 0 Å². The Kier molecular flexibility index (Phi) is 5.48. The van der Waals surface area contributed by atoms with Crippen molar-refractivity contribution >= 4 is 5.76 Å². The van der Waals surface area contributed by atoms with Crippen molar-refractivity contribution in [3.05, 3.63) is 36.4 Å². The van der Waals surface area contributed by atoms with Crippen LogP contribution in [0.1, 0.15) is 31.7 Å². The van der Waals surface area contributed by atoms with Gasteiger partial charge < -0.3 is 14.7 Å². The van der Waals surface area contributed by atoms with Gasteiger partial charge >= 0.3 is 0 Å². The molecule has 1 aromatic carbocycles. The maximum atomic E-state index is 9.25. The quantitative estimate of drug-likeness (QED) is 0.634. The maximum Gasteiger partial charge on any atom is 0.119 e. The number of hydrogen-bond acceptors (Lipinski definition) is 3. The molecule has 0 bridgehead atoms. The van der Waals surface area contributed by atoms with Crippen molar-refractivity contribution in [3.63, 3.8) is 0 Å². The van der Waals surface area contributed by atoms with Crippen LogP contribution in [0.25, 0.3) is 5.76 Å². The van der Waals surface area contributed by atoms with Crippen molar-refractivity contribution in [1.29, 1.82) is 0 Å². The van der Waals surface area contributed by atoms with E-state index < -0.39 is 0 Å². The molecule has 3 heteroatoms. The molecule has 0 aliphatic carbocycles. The van der Waals surface area contributed by atoms with Gasteiger partial charge in [0.25, 0.3) is 0 Å². The van der Waals surface area contributed by atoms with E-state index >= 15 is 0 Å². The minimum absolute atomic E-state index is 0.0933. The van der Waals surface area contributed by atoms with Gasteiger partial charge in [-0.25, -0.2) is 0 Å². The largest absolute Gasteiger partial charge is 0.508 e. The Labute approximate surface area is 121 Å². The first-order valence-corrected chi connectivity index (χ1v) is 7.48. The molecule has 20 heavy (non-hydrogen) atoms. The normalized spacial score (nSPS) is 19.8. The fourth-order valence-corrected chi connectivity index (χ4v) is 2.71. The van der Waals surface area contributed by atoms with Gasteiger partial charge in [-0.3, -0.25) is 0 Å². The first-order valence-electron chi connectivity index (χ1n) is 7.48. The van der Waals surface area contributed by atoms with Gasteiger partial charge in [0.05, 0.1) is 6.61 Å². The molecule has 0 radical (unpaired) electrons. The third kappa shape index (κ3) is 4.57. The van der Waals surface area contributed by atoms with Gasteiger partial charge in [-0.15, -0.1) is 0 Å². The molecule has 1 aliphatic heterocycles. The lowest BCUT2D eigenvalue weighted by Crippen LogP contribution is -2.35. The summed E-state index contributed by atoms with van der Waals surface area (Å²) in [6.07, 6.45) is 3.76. The summed E-state index contributed by atoms with van der Waals surface area (Å²) in [5, 5.41) is 9.25. The lowest BCUT2D eigenvalue weighted by molar-refractivity contribution is 0.170. The number of hydrogen-bond donors (Lipinski definition) is 1. The highest BCUT2D eigenvalue weighted by Gasteiger charge is 2.15. The number of aliphatic hydroxyl groups is 1. The summed E-state index contributed by atoms with van der Waals surface area (Å²) in [5.41, 5.74) is 0.736. The summed E-state index contributed by atoms with van der Waals surface area (Å²) in [6, 6.07) is 7.40. The number of benzene rings is 1. The van der Waals surface area contributed by atoms with Crippen molar-refractivity contribution in [3.8, 4) is 5.75 Å². The van der Waals surface area contributed by atoms with E-state index in [9.17, 15) is 5.11 Å². The molecule has 3 nitrogen and oxygen atoms in total. The van der Waals surface area contributed by atoms with Gasteiger partial charge in [0, 0.05) is 18.7 Å². The number of ether oxygens (including phenoxy) is 1. The van der Waals surface area contributed by atoms with Gasteiger partial charge in [0.15, 0.2) is 0 Å². The van der Waals surface area contributed by atoms with Gasteiger partial charge in [0.1, 0.15) is 11.5 Å². The Hall–Kier alpha value is -1.48. The van der Waals surface area contributed by atoms with Crippen LogP contribution in [0.2, 0.25) is 0 Å². The van der Waals surface area contributed by atoms with Crippen LogP contribution in [0.3, 0.4) is 0 Å². The highest BCUT2D eigenvalue weighted by atomic mass is 16.5. The van der Waals surface area contributed by atoms with Crippen LogP contribution in [-0.2, 0) is 0 Å². The molecule has 1 fully saturated rings. The molecule has 1 saturated heterocycles. The Morgan fingerprint density at radius 1 is 1.40 bits per heavy atom. The van der Waals surface area contributed by atoms with Gasteiger partial charge in [-0.1, -0.05) is 13.5 Å². The summed E-state index contributed by atoms with van der Waals surface area (Å²) in [4.78, 5) is 2.54. The molecule has 0 unspecified atom stereocenters. The van der Waals surface area contributed by atoms with E-state index in [1.807, 2.05) is 24.3 Å². The molecular formula is C17H25NO2. The van der Waals surface area contributed by atoms with E-state index in [2.05, 4.69) is 18.4 Å². The Morgan fingerprint density at radius 3 is 2.80 bits per heavy atom. The topological polar surface area (TPSA) is 32.7 Å². The standard InChI is InChI=1S/C17H25NO2/c1-14-5-3-10-18(13-14)11-4-12-20-17-8-6-16(7-9-17)15(2)19/h6-9,14,19H,2-5,10-13H2,1H3/t14-/m1/s1. The van der Waals surface area contributed by atoms with E-state index in [0.717, 1.165) is 36.8 Å². The second-order valence-corrected chi connectivity index (χ2v) is 5.72. The number of rotatable bonds is 6. The summed E-state index contributed by atoms with van der Waals surface area (Å²) in [5.74, 6) is 1.78. The predicted molar refractivity (Wildman–Crippen MR) is 83.1 cm³/mol. The van der Waals surface area contributed by atoms with Gasteiger partial charge in [-0.2, -0.15) is 0 Å². The molecule has 0 amide bonds. The predicted octanol–water partition coefficient (Wildman–Crippen LogP) is 3.72. The number of nitrogens with zero attached hydrogens (tertiary/aromatic N) is 1. The zero-order valence-electron chi connectivity index (χ0n) is 12.3. The summed E-state index contributed by atoms with van der Waals surface area (Å²) < 4.78 is 5.72. The number of piperidine rings is 1. The molecule has 2 rings (SSSR count). The Bertz CT molecular complexity index is 427. The van der Waals surface area contributed by atoms with E-state index in [1.165, 1.54) is 25.9 Å². The van der Waals surface area contributed by atoms with Crippen LogP contribution in [-0.4, -0.2) is 36.2 Å². The van der Waals surface area contributed by atoms with E-state index in [-0.39, 0.29) is 5.76 Å². The second kappa shape index (κ2) is 7.34. The third-order valence-corrected chi connectivity index (χ3v) is 3.82. The van der Waals surface area contributed by atoms with Crippen molar-refractivity contribution < 1.29 is 9.84 Å². The van der Waals surface area contributed by atoms with Crippen molar-refractivity contribution in [2.24, 2.45) is 5.92 Å².